The minimum Gasteiger partial charge on any atom is -0.0616 e. The molecule has 1 aliphatic carbocycles. The summed E-state index contributed by atoms with van der Waals surface area (Å²) in [6.07, 6.45) is 0. The highest BCUT2D eigenvalue weighted by Crippen LogP contribution is 2.50. The lowest BCUT2D eigenvalue weighted by Crippen LogP contribution is -2.15. The van der Waals surface area contributed by atoms with E-state index >= 15 is 0 Å². The molecule has 0 unspecified atom stereocenters. The molecule has 5 rings (SSSR count). The minimum absolute atomic E-state index is 0.0131. The predicted octanol–water partition coefficient (Wildman–Crippen LogP) is 9.06. The largest absolute Gasteiger partial charge is 0.0616 e. The van der Waals surface area contributed by atoms with Crippen molar-refractivity contribution in [3.63, 3.8) is 0 Å². The molecule has 0 heterocycles. The van der Waals surface area contributed by atoms with E-state index in [0.29, 0.717) is 11.8 Å². The summed E-state index contributed by atoms with van der Waals surface area (Å²) < 4.78 is 0. The Hall–Kier alpha value is -2.86. The second-order valence-corrected chi connectivity index (χ2v) is 10.2. The average molecular weight is 405 g/mol. The molecular weight excluding hydrogens is 372 g/mol. The molecule has 0 aliphatic heterocycles. The molecule has 156 valence electrons. The molecule has 1 aliphatic rings. The highest BCUT2D eigenvalue weighted by Gasteiger charge is 2.36. The van der Waals surface area contributed by atoms with Crippen molar-refractivity contribution in [3.05, 3.63) is 95.1 Å². The van der Waals surface area contributed by atoms with Crippen molar-refractivity contribution in [2.75, 3.05) is 0 Å². The third kappa shape index (κ3) is 3.04. The van der Waals surface area contributed by atoms with Crippen LogP contribution in [0.5, 0.6) is 0 Å². The summed E-state index contributed by atoms with van der Waals surface area (Å²) in [6.45, 7) is 13.9. The van der Waals surface area contributed by atoms with Crippen LogP contribution in [0.25, 0.3) is 33.0 Å². The topological polar surface area (TPSA) is 0 Å². The smallest absolute Gasteiger partial charge is 0.0159 e. The molecule has 0 saturated heterocycles. The molecule has 0 amide bonds. The van der Waals surface area contributed by atoms with E-state index in [2.05, 4.69) is 114 Å². The maximum atomic E-state index is 2.45. The monoisotopic (exact) mass is 404 g/mol. The molecule has 0 atom stereocenters. The molecule has 4 aromatic carbocycles. The summed E-state index contributed by atoms with van der Waals surface area (Å²) in [5, 5.41) is 2.73. The number of fused-ring (bicyclic) bond motifs is 4. The number of rotatable bonds is 3. The fourth-order valence-corrected chi connectivity index (χ4v) is 5.36. The van der Waals surface area contributed by atoms with Crippen molar-refractivity contribution in [3.8, 4) is 22.3 Å². The lowest BCUT2D eigenvalue weighted by atomic mass is 9.80. The van der Waals surface area contributed by atoms with Gasteiger partial charge in [0, 0.05) is 5.41 Å². The quantitative estimate of drug-likeness (QED) is 0.319. The fraction of sp³-hybridized carbons (Fsp3) is 0.290. The van der Waals surface area contributed by atoms with Gasteiger partial charge in [-0.15, -0.1) is 0 Å². The molecule has 0 saturated carbocycles. The number of hydrogen-bond acceptors (Lipinski definition) is 0. The Morgan fingerprint density at radius 1 is 0.581 bits per heavy atom. The highest BCUT2D eigenvalue weighted by molar-refractivity contribution is 5.99. The molecule has 31 heavy (non-hydrogen) atoms. The first-order chi connectivity index (χ1) is 14.8. The zero-order valence-electron chi connectivity index (χ0n) is 19.6. The first kappa shape index (κ1) is 20.1. The van der Waals surface area contributed by atoms with Gasteiger partial charge in [-0.05, 0) is 73.2 Å². The van der Waals surface area contributed by atoms with Gasteiger partial charge in [-0.25, -0.2) is 0 Å². The van der Waals surface area contributed by atoms with Gasteiger partial charge in [-0.3, -0.25) is 0 Å². The van der Waals surface area contributed by atoms with Crippen LogP contribution in [0.15, 0.2) is 72.8 Å². The van der Waals surface area contributed by atoms with Crippen molar-refractivity contribution in [2.24, 2.45) is 0 Å². The first-order valence-corrected chi connectivity index (χ1v) is 11.6. The van der Waals surface area contributed by atoms with E-state index in [1.807, 2.05) is 0 Å². The molecule has 0 heteroatoms. The minimum atomic E-state index is 0.0131. The van der Waals surface area contributed by atoms with E-state index in [-0.39, 0.29) is 5.41 Å². The van der Waals surface area contributed by atoms with Gasteiger partial charge in [0.25, 0.3) is 0 Å². The molecule has 0 nitrogen and oxygen atoms in total. The van der Waals surface area contributed by atoms with Crippen LogP contribution in [0.4, 0.5) is 0 Å². The molecule has 0 bridgehead atoms. The van der Waals surface area contributed by atoms with Gasteiger partial charge in [-0.2, -0.15) is 0 Å². The lowest BCUT2D eigenvalue weighted by molar-refractivity contribution is 0.658. The highest BCUT2D eigenvalue weighted by atomic mass is 14.4. The van der Waals surface area contributed by atoms with Gasteiger partial charge in [0.2, 0.25) is 0 Å². The summed E-state index contributed by atoms with van der Waals surface area (Å²) in [4.78, 5) is 0. The number of hydrogen-bond donors (Lipinski definition) is 0. The van der Waals surface area contributed by atoms with Crippen LogP contribution >= 0.6 is 0 Å². The van der Waals surface area contributed by atoms with Crippen molar-refractivity contribution >= 4 is 10.8 Å². The maximum absolute atomic E-state index is 2.45. The van der Waals surface area contributed by atoms with Crippen LogP contribution in [0.2, 0.25) is 0 Å². The van der Waals surface area contributed by atoms with Gasteiger partial charge in [0.1, 0.15) is 0 Å². The van der Waals surface area contributed by atoms with Crippen molar-refractivity contribution in [1.29, 1.82) is 0 Å². The van der Waals surface area contributed by atoms with E-state index in [1.54, 1.807) is 0 Å². The second kappa shape index (κ2) is 7.09. The summed E-state index contributed by atoms with van der Waals surface area (Å²) in [7, 11) is 0. The Labute approximate surface area is 187 Å². The number of benzene rings is 4. The van der Waals surface area contributed by atoms with E-state index in [4.69, 9.17) is 0 Å². The average Bonchev–Trinajstić information content (AvgIpc) is 2.99. The lowest BCUT2D eigenvalue weighted by Gasteiger charge is -2.23. The maximum Gasteiger partial charge on any atom is 0.0159 e. The van der Waals surface area contributed by atoms with Crippen molar-refractivity contribution in [1.82, 2.24) is 0 Å². The summed E-state index contributed by atoms with van der Waals surface area (Å²) in [6, 6.07) is 27.7. The summed E-state index contributed by atoms with van der Waals surface area (Å²) in [5.41, 5.74) is 11.2. The van der Waals surface area contributed by atoms with Gasteiger partial charge in [0.05, 0.1) is 0 Å². The van der Waals surface area contributed by atoms with Crippen molar-refractivity contribution in [2.45, 2.75) is 58.8 Å². The Balaban J connectivity index is 1.69. The zero-order valence-corrected chi connectivity index (χ0v) is 19.6. The molecular formula is C31H32. The summed E-state index contributed by atoms with van der Waals surface area (Å²) in [5.74, 6) is 1.06. The molecule has 0 spiro atoms. The fourth-order valence-electron chi connectivity index (χ4n) is 5.36. The van der Waals surface area contributed by atoms with Crippen LogP contribution in [0, 0.1) is 0 Å². The van der Waals surface area contributed by atoms with Crippen LogP contribution < -0.4 is 0 Å². The molecule has 0 radical (unpaired) electrons. The van der Waals surface area contributed by atoms with Crippen molar-refractivity contribution < 1.29 is 0 Å². The van der Waals surface area contributed by atoms with E-state index in [9.17, 15) is 0 Å². The van der Waals surface area contributed by atoms with E-state index in [0.717, 1.165) is 0 Å². The van der Waals surface area contributed by atoms with Gasteiger partial charge >= 0.3 is 0 Å². The molecule has 4 aromatic rings. The third-order valence-corrected chi connectivity index (χ3v) is 7.26. The third-order valence-electron chi connectivity index (χ3n) is 7.26. The van der Waals surface area contributed by atoms with Crippen LogP contribution in [-0.4, -0.2) is 0 Å². The Bertz CT molecular complexity index is 1300. The second-order valence-electron chi connectivity index (χ2n) is 10.2. The van der Waals surface area contributed by atoms with Gasteiger partial charge in [-0.1, -0.05) is 108 Å². The van der Waals surface area contributed by atoms with Crippen LogP contribution in [-0.2, 0) is 5.41 Å². The van der Waals surface area contributed by atoms with Gasteiger partial charge < -0.3 is 0 Å². The predicted molar refractivity (Wildman–Crippen MR) is 135 cm³/mol. The Morgan fingerprint density at radius 3 is 1.87 bits per heavy atom. The molecule has 0 aromatic heterocycles. The van der Waals surface area contributed by atoms with E-state index < -0.39 is 0 Å². The Morgan fingerprint density at radius 2 is 1.19 bits per heavy atom. The molecule has 0 N–H and O–H groups in total. The first-order valence-electron chi connectivity index (χ1n) is 11.6. The zero-order chi connectivity index (χ0) is 21.9. The summed E-state index contributed by atoms with van der Waals surface area (Å²) >= 11 is 0. The SMILES string of the molecule is CC(C)c1ccc2c(c1)C(C)(C)c1cc(-c3ccc(C(C)C)c4ccccc34)ccc1-2. The van der Waals surface area contributed by atoms with Crippen LogP contribution in [0.3, 0.4) is 0 Å². The van der Waals surface area contributed by atoms with E-state index in [1.165, 1.54) is 55.3 Å². The normalized spacial score (nSPS) is 14.3. The van der Waals surface area contributed by atoms with Crippen LogP contribution in [0.1, 0.15) is 75.6 Å². The standard InChI is InChI=1S/C31H32/c1-19(2)21-11-13-27-28-14-12-22(18-30(28)31(5,6)29(27)17-21)24-16-15-23(20(3)4)25-9-7-8-10-26(24)25/h7-20H,1-6H3. The Kier molecular flexibility index (Phi) is 4.59. The molecule has 0 fully saturated rings. The van der Waals surface area contributed by atoms with Gasteiger partial charge in [0.15, 0.2) is 0 Å².